The molecule has 11 heteroatoms. The van der Waals surface area contributed by atoms with Crippen molar-refractivity contribution in [2.75, 3.05) is 23.7 Å². The van der Waals surface area contributed by atoms with Gasteiger partial charge in [-0.25, -0.2) is 17.5 Å². The largest absolute Gasteiger partial charge is 0.505 e. The number of amides is 1. The molecule has 1 fully saturated rings. The van der Waals surface area contributed by atoms with Gasteiger partial charge >= 0.3 is 6.09 Å². The van der Waals surface area contributed by atoms with Crippen LogP contribution >= 0.6 is 34.8 Å². The molecule has 2 heterocycles. The van der Waals surface area contributed by atoms with Crippen LogP contribution in [0.15, 0.2) is 40.1 Å². The van der Waals surface area contributed by atoms with Gasteiger partial charge in [-0.05, 0) is 44.0 Å². The third kappa shape index (κ3) is 5.06. The zero-order valence-corrected chi connectivity index (χ0v) is 19.2. The number of ether oxygens (including phenoxy) is 1. The van der Waals surface area contributed by atoms with E-state index < -0.39 is 16.1 Å². The lowest BCUT2D eigenvalue weighted by molar-refractivity contribution is 0.136. The Morgan fingerprint density at radius 1 is 1.30 bits per heavy atom. The zero-order valence-electron chi connectivity index (χ0n) is 16.1. The number of carbonyl (C=O) groups excluding carboxylic acids is 1. The van der Waals surface area contributed by atoms with Crippen LogP contribution in [0.3, 0.4) is 0 Å². The molecule has 0 radical (unpaired) electrons. The second-order valence-corrected chi connectivity index (χ2v) is 10.5. The van der Waals surface area contributed by atoms with E-state index in [9.17, 15) is 18.3 Å². The van der Waals surface area contributed by atoms with Crippen LogP contribution < -0.4 is 4.90 Å². The Morgan fingerprint density at radius 2 is 1.97 bits per heavy atom. The summed E-state index contributed by atoms with van der Waals surface area (Å²) < 4.78 is 31.9. The van der Waals surface area contributed by atoms with Crippen molar-refractivity contribution in [1.29, 1.82) is 0 Å². The summed E-state index contributed by atoms with van der Waals surface area (Å²) in [5.74, 6) is -0.715. The lowest BCUT2D eigenvalue weighted by Gasteiger charge is -2.39. The van der Waals surface area contributed by atoms with Crippen molar-refractivity contribution in [3.63, 3.8) is 0 Å². The van der Waals surface area contributed by atoms with Crippen LogP contribution in [0.4, 0.5) is 10.5 Å². The summed E-state index contributed by atoms with van der Waals surface area (Å²) in [6.45, 7) is 2.11. The number of hydrogen-bond donors (Lipinski definition) is 1. The monoisotopic (exact) mass is 494 g/mol. The molecule has 0 saturated carbocycles. The molecule has 0 aliphatic carbocycles. The summed E-state index contributed by atoms with van der Waals surface area (Å²) in [6.07, 6.45) is 1.69. The number of hydrogen-bond acceptors (Lipinski definition) is 5. The number of nitrogens with zero attached hydrogens (tertiary/aromatic N) is 2. The maximum Gasteiger partial charge on any atom is 0.414 e. The Labute approximate surface area is 190 Å². The average Bonchev–Trinajstić information content (AvgIpc) is 2.71. The van der Waals surface area contributed by atoms with E-state index in [2.05, 4.69) is 0 Å². The molecule has 1 N–H and O–H groups in total. The molecular weight excluding hydrogens is 475 g/mol. The molecule has 0 spiro atoms. The first kappa shape index (κ1) is 23.2. The minimum Gasteiger partial charge on any atom is -0.505 e. The van der Waals surface area contributed by atoms with E-state index in [1.807, 2.05) is 0 Å². The maximum atomic E-state index is 12.6. The number of piperidine rings is 1. The number of halogens is 3. The molecule has 1 aromatic carbocycles. The highest BCUT2D eigenvalue weighted by Gasteiger charge is 2.36. The van der Waals surface area contributed by atoms with Crippen LogP contribution in [0, 0.1) is 0 Å². The van der Waals surface area contributed by atoms with Crippen molar-refractivity contribution >= 4 is 56.6 Å². The van der Waals surface area contributed by atoms with E-state index in [4.69, 9.17) is 39.5 Å². The van der Waals surface area contributed by atoms with Gasteiger partial charge < -0.3 is 9.84 Å². The predicted molar refractivity (Wildman–Crippen MR) is 118 cm³/mol. The van der Waals surface area contributed by atoms with Crippen molar-refractivity contribution in [1.82, 2.24) is 4.31 Å². The highest BCUT2D eigenvalue weighted by molar-refractivity contribution is 7.89. The highest BCUT2D eigenvalue weighted by Crippen LogP contribution is 2.34. The number of cyclic esters (lactones) is 1. The maximum absolute atomic E-state index is 12.6. The summed E-state index contributed by atoms with van der Waals surface area (Å²) in [5, 5.41) is 10.2. The third-order valence-corrected chi connectivity index (χ3v) is 7.54. The summed E-state index contributed by atoms with van der Waals surface area (Å²) >= 11 is 17.6. The van der Waals surface area contributed by atoms with Crippen LogP contribution in [0.2, 0.25) is 5.02 Å². The second kappa shape index (κ2) is 9.36. The first-order valence-electron chi connectivity index (χ1n) is 9.23. The highest BCUT2D eigenvalue weighted by atomic mass is 35.5. The number of allylic oxidation sites excluding steroid dienone is 2. The molecule has 1 amide bonds. The Morgan fingerprint density at radius 3 is 2.60 bits per heavy atom. The SMILES string of the molecule is C/C(Cl)=C(O)\C(Cl)=C/CS(=O)(=O)N1CCC(N2C(=O)OCc3cc(Cl)ccc32)CC1. The van der Waals surface area contributed by atoms with Gasteiger partial charge in [-0.1, -0.05) is 34.8 Å². The minimum atomic E-state index is -3.63. The lowest BCUT2D eigenvalue weighted by Crippen LogP contribution is -2.50. The number of rotatable bonds is 5. The van der Waals surface area contributed by atoms with Gasteiger partial charge in [-0.2, -0.15) is 0 Å². The molecule has 1 saturated heterocycles. The first-order valence-corrected chi connectivity index (χ1v) is 12.0. The summed E-state index contributed by atoms with van der Waals surface area (Å²) in [7, 11) is -3.63. The second-order valence-electron chi connectivity index (χ2n) is 7.04. The number of fused-ring (bicyclic) bond motifs is 1. The fourth-order valence-electron chi connectivity index (χ4n) is 3.48. The molecule has 7 nitrogen and oxygen atoms in total. The Balaban J connectivity index is 1.68. The number of aliphatic hydroxyl groups is 1. The van der Waals surface area contributed by atoms with Gasteiger partial charge in [0.2, 0.25) is 10.0 Å². The van der Waals surface area contributed by atoms with E-state index in [0.29, 0.717) is 17.9 Å². The molecule has 2 aliphatic heterocycles. The molecule has 0 atom stereocenters. The number of benzene rings is 1. The fourth-order valence-corrected chi connectivity index (χ4v) is 5.49. The molecule has 164 valence electrons. The summed E-state index contributed by atoms with van der Waals surface area (Å²) in [5.41, 5.74) is 1.56. The standard InChI is InChI=1S/C19H21Cl3N2O5S/c1-12(20)18(25)16(22)6-9-30(27,28)23-7-4-15(5-8-23)24-17-3-2-14(21)10-13(17)11-29-19(24)26/h2-3,6,10,15,25H,4-5,7-9,11H2,1H3/b16-6+,18-12-. The topological polar surface area (TPSA) is 87.2 Å². The average molecular weight is 496 g/mol. The normalized spacial score (nSPS) is 19.9. The number of carbonyl (C=O) groups is 1. The van der Waals surface area contributed by atoms with Gasteiger partial charge in [0.1, 0.15) is 12.4 Å². The van der Waals surface area contributed by atoms with E-state index in [1.165, 1.54) is 17.3 Å². The minimum absolute atomic E-state index is 0.0736. The number of anilines is 1. The molecule has 0 unspecified atom stereocenters. The van der Waals surface area contributed by atoms with Crippen LogP contribution in [0.1, 0.15) is 25.3 Å². The van der Waals surface area contributed by atoms with E-state index in [0.717, 1.165) is 11.3 Å². The fraction of sp³-hybridized carbons (Fsp3) is 0.421. The van der Waals surface area contributed by atoms with E-state index >= 15 is 0 Å². The summed E-state index contributed by atoms with van der Waals surface area (Å²) in [4.78, 5) is 14.0. The van der Waals surface area contributed by atoms with Crippen LogP contribution in [0.5, 0.6) is 0 Å². The third-order valence-electron chi connectivity index (χ3n) is 5.06. The zero-order chi connectivity index (χ0) is 22.1. The van der Waals surface area contributed by atoms with Gasteiger partial charge in [0.15, 0.2) is 0 Å². The van der Waals surface area contributed by atoms with Crippen LogP contribution in [0.25, 0.3) is 0 Å². The Bertz CT molecular complexity index is 997. The molecular formula is C19H21Cl3N2O5S. The lowest BCUT2D eigenvalue weighted by atomic mass is 10.0. The molecule has 1 aromatic rings. The quantitative estimate of drug-likeness (QED) is 0.471. The molecule has 2 aliphatic rings. The van der Waals surface area contributed by atoms with E-state index in [1.54, 1.807) is 23.1 Å². The van der Waals surface area contributed by atoms with Crippen molar-refractivity contribution in [2.45, 2.75) is 32.4 Å². The predicted octanol–water partition coefficient (Wildman–Crippen LogP) is 4.74. The number of sulfonamides is 1. The van der Waals surface area contributed by atoms with E-state index in [-0.39, 0.29) is 47.3 Å². The Kier molecular flexibility index (Phi) is 7.24. The van der Waals surface area contributed by atoms with Gasteiger partial charge in [-0.15, -0.1) is 0 Å². The Hall–Kier alpha value is -1.45. The summed E-state index contributed by atoms with van der Waals surface area (Å²) in [6, 6.07) is 5.08. The number of aliphatic hydroxyl groups excluding tert-OH is 1. The van der Waals surface area contributed by atoms with Gasteiger partial charge in [-0.3, -0.25) is 4.90 Å². The smallest absolute Gasteiger partial charge is 0.414 e. The van der Waals surface area contributed by atoms with Crippen molar-refractivity contribution < 1.29 is 23.1 Å². The van der Waals surface area contributed by atoms with Gasteiger partial charge in [0.25, 0.3) is 0 Å². The molecule has 3 rings (SSSR count). The molecule has 0 bridgehead atoms. The van der Waals surface area contributed by atoms with Crippen LogP contribution in [-0.2, 0) is 21.4 Å². The first-order chi connectivity index (χ1) is 14.1. The van der Waals surface area contributed by atoms with Crippen molar-refractivity contribution in [3.05, 3.63) is 50.7 Å². The molecule has 0 aromatic heterocycles. The van der Waals surface area contributed by atoms with Crippen molar-refractivity contribution in [3.8, 4) is 0 Å². The van der Waals surface area contributed by atoms with Gasteiger partial charge in [0.05, 0.1) is 21.5 Å². The molecule has 30 heavy (non-hydrogen) atoms. The van der Waals surface area contributed by atoms with Gasteiger partial charge in [0, 0.05) is 29.7 Å². The van der Waals surface area contributed by atoms with Crippen molar-refractivity contribution in [2.24, 2.45) is 0 Å². The van der Waals surface area contributed by atoms with Crippen LogP contribution in [-0.4, -0.2) is 48.8 Å².